The van der Waals surface area contributed by atoms with Gasteiger partial charge in [0.15, 0.2) is 0 Å². The maximum atomic E-state index is 12.3. The number of anilines is 1. The highest BCUT2D eigenvalue weighted by molar-refractivity contribution is 9.11. The van der Waals surface area contributed by atoms with Gasteiger partial charge in [-0.3, -0.25) is 4.72 Å². The first-order valence-corrected chi connectivity index (χ1v) is 8.71. The van der Waals surface area contributed by atoms with Crippen LogP contribution in [-0.2, 0) is 10.0 Å². The van der Waals surface area contributed by atoms with Gasteiger partial charge < -0.3 is 4.74 Å². The number of thiophene rings is 1. The van der Waals surface area contributed by atoms with E-state index >= 15 is 0 Å². The first-order valence-electron chi connectivity index (χ1n) is 5.62. The standard InChI is InChI=1S/C12H10BrF2NO3S2/c1-7-6-10(20-11(7)13)21(17,18)16-8-4-2-3-5-9(8)19-12(14)15/h2-6,12,16H,1H3. The summed E-state index contributed by atoms with van der Waals surface area (Å²) in [6.07, 6.45) is 0. The van der Waals surface area contributed by atoms with E-state index in [0.29, 0.717) is 3.79 Å². The van der Waals surface area contributed by atoms with Crippen LogP contribution < -0.4 is 9.46 Å². The Morgan fingerprint density at radius 2 is 2.00 bits per heavy atom. The fraction of sp³-hybridized carbons (Fsp3) is 0.167. The third kappa shape index (κ3) is 3.92. The Balaban J connectivity index is 2.33. The van der Waals surface area contributed by atoms with Crippen LogP contribution in [0.1, 0.15) is 5.56 Å². The largest absolute Gasteiger partial charge is 0.433 e. The van der Waals surface area contributed by atoms with Crippen molar-refractivity contribution in [2.75, 3.05) is 4.72 Å². The molecule has 0 saturated heterocycles. The molecule has 0 aliphatic heterocycles. The Kier molecular flexibility index (Phi) is 4.84. The third-order valence-electron chi connectivity index (χ3n) is 2.45. The van der Waals surface area contributed by atoms with Gasteiger partial charge in [0.05, 0.1) is 9.47 Å². The van der Waals surface area contributed by atoms with Crippen LogP contribution in [0.15, 0.2) is 38.3 Å². The van der Waals surface area contributed by atoms with E-state index in [0.717, 1.165) is 16.9 Å². The third-order valence-corrected chi connectivity index (χ3v) is 6.42. The fourth-order valence-electron chi connectivity index (χ4n) is 1.51. The van der Waals surface area contributed by atoms with Crippen LogP contribution in [0, 0.1) is 6.92 Å². The average molecular weight is 398 g/mol. The SMILES string of the molecule is Cc1cc(S(=O)(=O)Nc2ccccc2OC(F)F)sc1Br. The van der Waals surface area contributed by atoms with Crippen LogP contribution in [0.5, 0.6) is 5.75 Å². The zero-order valence-corrected chi connectivity index (χ0v) is 13.9. The lowest BCUT2D eigenvalue weighted by atomic mass is 10.3. The van der Waals surface area contributed by atoms with Gasteiger partial charge in [-0.25, -0.2) is 8.42 Å². The normalized spacial score (nSPS) is 11.7. The fourth-order valence-corrected chi connectivity index (χ4v) is 4.80. The Morgan fingerprint density at radius 1 is 1.33 bits per heavy atom. The minimum atomic E-state index is -3.86. The quantitative estimate of drug-likeness (QED) is 0.821. The van der Waals surface area contributed by atoms with Gasteiger partial charge >= 0.3 is 6.61 Å². The second-order valence-electron chi connectivity index (χ2n) is 4.00. The number of ether oxygens (including phenoxy) is 1. The summed E-state index contributed by atoms with van der Waals surface area (Å²) in [6.45, 7) is -1.28. The number of nitrogens with one attached hydrogen (secondary N) is 1. The molecule has 0 spiro atoms. The molecule has 1 aromatic heterocycles. The van der Waals surface area contributed by atoms with Crippen molar-refractivity contribution in [1.82, 2.24) is 0 Å². The molecule has 0 atom stereocenters. The van der Waals surface area contributed by atoms with Crippen molar-refractivity contribution in [1.29, 1.82) is 0 Å². The molecule has 0 fully saturated rings. The minimum absolute atomic E-state index is 0.0417. The van der Waals surface area contributed by atoms with Gasteiger partial charge in [-0.1, -0.05) is 12.1 Å². The smallest absolute Gasteiger partial charge is 0.387 e. The van der Waals surface area contributed by atoms with E-state index in [-0.39, 0.29) is 15.6 Å². The molecule has 114 valence electrons. The van der Waals surface area contributed by atoms with Gasteiger partial charge in [-0.2, -0.15) is 8.78 Å². The van der Waals surface area contributed by atoms with Crippen molar-refractivity contribution in [2.24, 2.45) is 0 Å². The van der Waals surface area contributed by atoms with E-state index in [1.54, 1.807) is 6.92 Å². The second kappa shape index (κ2) is 6.29. The highest BCUT2D eigenvalue weighted by atomic mass is 79.9. The number of halogens is 3. The number of sulfonamides is 1. The first kappa shape index (κ1) is 16.2. The molecule has 1 aromatic carbocycles. The van der Waals surface area contributed by atoms with Crippen LogP contribution in [0.4, 0.5) is 14.5 Å². The molecule has 2 rings (SSSR count). The monoisotopic (exact) mass is 397 g/mol. The van der Waals surface area contributed by atoms with Gasteiger partial charge in [0.1, 0.15) is 9.96 Å². The Morgan fingerprint density at radius 3 is 2.57 bits per heavy atom. The number of para-hydroxylation sites is 2. The second-order valence-corrected chi connectivity index (χ2v) is 8.28. The van der Waals surface area contributed by atoms with E-state index in [1.165, 1.54) is 30.3 Å². The summed E-state index contributed by atoms with van der Waals surface area (Å²) in [4.78, 5) is 0. The molecule has 4 nitrogen and oxygen atoms in total. The number of hydrogen-bond donors (Lipinski definition) is 1. The molecule has 0 unspecified atom stereocenters. The summed E-state index contributed by atoms with van der Waals surface area (Å²) < 4.78 is 56.4. The lowest BCUT2D eigenvalue weighted by Crippen LogP contribution is -2.13. The molecule has 0 aliphatic rings. The van der Waals surface area contributed by atoms with Crippen molar-refractivity contribution in [3.05, 3.63) is 39.7 Å². The Bertz CT molecular complexity index is 727. The van der Waals surface area contributed by atoms with Gasteiger partial charge in [0, 0.05) is 0 Å². The maximum Gasteiger partial charge on any atom is 0.387 e. The van der Waals surface area contributed by atoms with E-state index in [4.69, 9.17) is 0 Å². The van der Waals surface area contributed by atoms with Crippen molar-refractivity contribution in [3.63, 3.8) is 0 Å². The Labute approximate surface area is 132 Å². The summed E-state index contributed by atoms with van der Waals surface area (Å²) >= 11 is 4.28. The van der Waals surface area contributed by atoms with E-state index in [2.05, 4.69) is 25.4 Å². The van der Waals surface area contributed by atoms with E-state index < -0.39 is 16.6 Å². The number of alkyl halides is 2. The minimum Gasteiger partial charge on any atom is -0.433 e. The zero-order valence-electron chi connectivity index (χ0n) is 10.6. The molecule has 9 heteroatoms. The Hall–Kier alpha value is -1.19. The average Bonchev–Trinajstić information content (AvgIpc) is 2.72. The van der Waals surface area contributed by atoms with Crippen LogP contribution in [0.2, 0.25) is 0 Å². The molecule has 0 amide bonds. The number of hydrogen-bond acceptors (Lipinski definition) is 4. The van der Waals surface area contributed by atoms with Crippen molar-refractivity contribution in [3.8, 4) is 5.75 Å². The molecule has 2 aromatic rings. The summed E-state index contributed by atoms with van der Waals surface area (Å²) in [5.41, 5.74) is 0.734. The van der Waals surface area contributed by atoms with Crippen LogP contribution >= 0.6 is 27.3 Å². The molecule has 1 N–H and O–H groups in total. The summed E-state index contributed by atoms with van der Waals surface area (Å²) in [5.74, 6) is -0.233. The van der Waals surface area contributed by atoms with Gasteiger partial charge in [0.2, 0.25) is 0 Å². The number of aryl methyl sites for hydroxylation is 1. The molecule has 1 heterocycles. The highest BCUT2D eigenvalue weighted by Gasteiger charge is 2.20. The lowest BCUT2D eigenvalue weighted by Gasteiger charge is -2.12. The first-order chi connectivity index (χ1) is 9.79. The van der Waals surface area contributed by atoms with Crippen molar-refractivity contribution >= 4 is 43.0 Å². The summed E-state index contributed by atoms with van der Waals surface area (Å²) in [6, 6.07) is 7.10. The van der Waals surface area contributed by atoms with E-state index in [9.17, 15) is 17.2 Å². The topological polar surface area (TPSA) is 55.4 Å². The van der Waals surface area contributed by atoms with Crippen LogP contribution in [0.25, 0.3) is 0 Å². The lowest BCUT2D eigenvalue weighted by molar-refractivity contribution is -0.0493. The predicted octanol–water partition coefficient (Wildman–Crippen LogP) is 4.22. The van der Waals surface area contributed by atoms with Crippen molar-refractivity contribution < 1.29 is 21.9 Å². The molecule has 0 saturated carbocycles. The number of rotatable bonds is 5. The van der Waals surface area contributed by atoms with Gasteiger partial charge in [-0.15, -0.1) is 11.3 Å². The highest BCUT2D eigenvalue weighted by Crippen LogP contribution is 2.33. The molecule has 0 radical (unpaired) electrons. The molecule has 0 aliphatic carbocycles. The predicted molar refractivity (Wildman–Crippen MR) is 80.6 cm³/mol. The number of benzene rings is 1. The molecule has 21 heavy (non-hydrogen) atoms. The zero-order chi connectivity index (χ0) is 15.6. The van der Waals surface area contributed by atoms with Crippen LogP contribution in [-0.4, -0.2) is 15.0 Å². The molecular weight excluding hydrogens is 388 g/mol. The van der Waals surface area contributed by atoms with Gasteiger partial charge in [-0.05, 0) is 46.6 Å². The van der Waals surface area contributed by atoms with Crippen LogP contribution in [0.3, 0.4) is 0 Å². The summed E-state index contributed by atoms with van der Waals surface area (Å²) in [7, 11) is -3.86. The van der Waals surface area contributed by atoms with Gasteiger partial charge in [0.25, 0.3) is 10.0 Å². The van der Waals surface area contributed by atoms with Crippen molar-refractivity contribution in [2.45, 2.75) is 17.7 Å². The summed E-state index contributed by atoms with van der Waals surface area (Å²) in [5, 5.41) is 0. The maximum absolute atomic E-state index is 12.3. The van der Waals surface area contributed by atoms with E-state index in [1.807, 2.05) is 0 Å². The molecular formula is C12H10BrF2NO3S2. The molecule has 0 bridgehead atoms.